The van der Waals surface area contributed by atoms with Crippen molar-refractivity contribution < 1.29 is 4.52 Å². The van der Waals surface area contributed by atoms with E-state index in [2.05, 4.69) is 18.2 Å². The first kappa shape index (κ1) is 12.3. The first-order valence-corrected chi connectivity index (χ1v) is 9.06. The molecule has 0 amide bonds. The van der Waals surface area contributed by atoms with Gasteiger partial charge in [-0.1, -0.05) is 54.3 Å². The topological polar surface area (TPSA) is 9.23 Å². The molecule has 2 rings (SSSR count). The Labute approximate surface area is 108 Å². The largest absolute Gasteiger partial charge is 0.467 e. The van der Waals surface area contributed by atoms with E-state index in [1.807, 2.05) is 49.7 Å². The van der Waals surface area contributed by atoms with Crippen molar-refractivity contribution in [2.45, 2.75) is 0 Å². The summed E-state index contributed by atoms with van der Waals surface area (Å²) in [6, 6.07) is 18.4. The van der Waals surface area contributed by atoms with E-state index in [1.165, 1.54) is 5.56 Å². The second kappa shape index (κ2) is 5.03. The van der Waals surface area contributed by atoms with Gasteiger partial charge >= 0.3 is 0 Å². The SMILES string of the molecule is CP(C)(=S)Oc1cccc(-c2ccccc2)c1. The van der Waals surface area contributed by atoms with Crippen LogP contribution in [0.4, 0.5) is 0 Å². The summed E-state index contributed by atoms with van der Waals surface area (Å²) in [5, 5.41) is 0. The molecule has 17 heavy (non-hydrogen) atoms. The molecule has 0 fully saturated rings. The van der Waals surface area contributed by atoms with Gasteiger partial charge in [0.25, 0.3) is 0 Å². The molecule has 0 aromatic heterocycles. The summed E-state index contributed by atoms with van der Waals surface area (Å²) >= 11 is 5.32. The van der Waals surface area contributed by atoms with E-state index in [4.69, 9.17) is 16.3 Å². The van der Waals surface area contributed by atoms with Gasteiger partial charge in [-0.3, -0.25) is 0 Å². The first-order valence-electron chi connectivity index (χ1n) is 5.45. The molecular weight excluding hydrogens is 247 g/mol. The van der Waals surface area contributed by atoms with Crippen molar-refractivity contribution in [2.24, 2.45) is 0 Å². The molecule has 2 aromatic rings. The highest BCUT2D eigenvalue weighted by Gasteiger charge is 2.05. The average Bonchev–Trinajstić information content (AvgIpc) is 2.28. The molecule has 1 nitrogen and oxygen atoms in total. The minimum atomic E-state index is -1.67. The van der Waals surface area contributed by atoms with E-state index >= 15 is 0 Å². The van der Waals surface area contributed by atoms with Crippen molar-refractivity contribution in [2.75, 3.05) is 13.3 Å². The average molecular weight is 262 g/mol. The third-order valence-corrected chi connectivity index (χ3v) is 3.14. The van der Waals surface area contributed by atoms with Crippen molar-refractivity contribution in [3.8, 4) is 16.9 Å². The van der Waals surface area contributed by atoms with E-state index in [1.54, 1.807) is 0 Å². The normalized spacial score (nSPS) is 11.2. The zero-order valence-corrected chi connectivity index (χ0v) is 11.7. The van der Waals surface area contributed by atoms with Crippen molar-refractivity contribution in [1.29, 1.82) is 0 Å². The van der Waals surface area contributed by atoms with Gasteiger partial charge in [0.15, 0.2) is 0 Å². The summed E-state index contributed by atoms with van der Waals surface area (Å²) in [4.78, 5) is 0. The molecule has 0 heterocycles. The molecule has 0 saturated heterocycles. The van der Waals surface area contributed by atoms with Crippen LogP contribution in [0.15, 0.2) is 54.6 Å². The Morgan fingerprint density at radius 2 is 1.53 bits per heavy atom. The fourth-order valence-electron chi connectivity index (χ4n) is 1.62. The molecule has 0 aliphatic carbocycles. The molecular formula is C14H15OPS. The van der Waals surface area contributed by atoms with Crippen LogP contribution < -0.4 is 4.52 Å². The van der Waals surface area contributed by atoms with Gasteiger partial charge in [0.2, 0.25) is 0 Å². The second-order valence-electron chi connectivity index (χ2n) is 4.24. The highest BCUT2D eigenvalue weighted by molar-refractivity contribution is 8.11. The zero-order chi connectivity index (χ0) is 12.3. The van der Waals surface area contributed by atoms with E-state index in [9.17, 15) is 0 Å². The first-order chi connectivity index (χ1) is 8.04. The number of rotatable bonds is 3. The van der Waals surface area contributed by atoms with Crippen molar-refractivity contribution in [1.82, 2.24) is 0 Å². The Bertz CT molecular complexity index is 545. The van der Waals surface area contributed by atoms with Gasteiger partial charge in [-0.25, -0.2) is 0 Å². The van der Waals surface area contributed by atoms with Gasteiger partial charge in [0.1, 0.15) is 12.0 Å². The zero-order valence-electron chi connectivity index (χ0n) is 9.96. The maximum absolute atomic E-state index is 5.79. The van der Waals surface area contributed by atoms with Crippen LogP contribution in [0.25, 0.3) is 11.1 Å². The van der Waals surface area contributed by atoms with Gasteiger partial charge in [-0.05, 0) is 36.6 Å². The molecule has 0 saturated carbocycles. The predicted octanol–water partition coefficient (Wildman–Crippen LogP) is 4.39. The molecule has 88 valence electrons. The monoisotopic (exact) mass is 262 g/mol. The molecule has 3 heteroatoms. The van der Waals surface area contributed by atoms with Crippen LogP contribution in [-0.2, 0) is 11.8 Å². The van der Waals surface area contributed by atoms with E-state index < -0.39 is 6.26 Å². The number of hydrogen-bond acceptors (Lipinski definition) is 2. The molecule has 0 unspecified atom stereocenters. The van der Waals surface area contributed by atoms with E-state index in [0.29, 0.717) is 0 Å². The highest BCUT2D eigenvalue weighted by atomic mass is 32.4. The molecule has 0 bridgehead atoms. The molecule has 0 N–H and O–H groups in total. The minimum absolute atomic E-state index is 0.861. The van der Waals surface area contributed by atoms with Crippen molar-refractivity contribution in [3.05, 3.63) is 54.6 Å². The van der Waals surface area contributed by atoms with Crippen LogP contribution in [0.2, 0.25) is 0 Å². The summed E-state index contributed by atoms with van der Waals surface area (Å²) < 4.78 is 5.79. The van der Waals surface area contributed by atoms with Gasteiger partial charge in [0, 0.05) is 0 Å². The lowest BCUT2D eigenvalue weighted by molar-refractivity contribution is 0.621. The summed E-state index contributed by atoms with van der Waals surface area (Å²) in [7, 11) is 0. The van der Waals surface area contributed by atoms with Crippen LogP contribution in [0.3, 0.4) is 0 Å². The van der Waals surface area contributed by atoms with Crippen LogP contribution in [-0.4, -0.2) is 13.3 Å². The summed E-state index contributed by atoms with van der Waals surface area (Å²) in [5.74, 6) is 0.861. The lowest BCUT2D eigenvalue weighted by Crippen LogP contribution is -1.88. The molecule has 0 aliphatic heterocycles. The lowest BCUT2D eigenvalue weighted by atomic mass is 10.1. The molecule has 0 atom stereocenters. The molecule has 0 radical (unpaired) electrons. The van der Waals surface area contributed by atoms with Gasteiger partial charge < -0.3 is 4.52 Å². The summed E-state index contributed by atoms with van der Waals surface area (Å²) in [5.41, 5.74) is 2.35. The number of benzene rings is 2. The van der Waals surface area contributed by atoms with Crippen LogP contribution >= 0.6 is 6.26 Å². The Hall–Kier alpha value is -1.11. The molecule has 0 spiro atoms. The third kappa shape index (κ3) is 3.69. The standard InChI is InChI=1S/C14H15OPS/c1-16(2,17)15-14-10-6-9-13(11-14)12-7-4-3-5-8-12/h3-11H,1-2H3. The van der Waals surface area contributed by atoms with E-state index in [-0.39, 0.29) is 0 Å². The Kier molecular flexibility index (Phi) is 3.66. The van der Waals surface area contributed by atoms with Crippen molar-refractivity contribution in [3.63, 3.8) is 0 Å². The Balaban J connectivity index is 2.32. The van der Waals surface area contributed by atoms with Gasteiger partial charge in [-0.2, -0.15) is 0 Å². The van der Waals surface area contributed by atoms with Crippen LogP contribution in [0.5, 0.6) is 5.75 Å². The Morgan fingerprint density at radius 3 is 2.18 bits per heavy atom. The second-order valence-corrected chi connectivity index (χ2v) is 9.56. The fourth-order valence-corrected chi connectivity index (χ4v) is 2.50. The van der Waals surface area contributed by atoms with Crippen molar-refractivity contribution >= 4 is 18.1 Å². The summed E-state index contributed by atoms with van der Waals surface area (Å²) in [6.45, 7) is 3.97. The molecule has 2 aromatic carbocycles. The quantitative estimate of drug-likeness (QED) is 0.759. The van der Waals surface area contributed by atoms with Gasteiger partial charge in [-0.15, -0.1) is 0 Å². The maximum Gasteiger partial charge on any atom is 0.124 e. The van der Waals surface area contributed by atoms with Crippen LogP contribution in [0.1, 0.15) is 0 Å². The Morgan fingerprint density at radius 1 is 0.882 bits per heavy atom. The minimum Gasteiger partial charge on any atom is -0.467 e. The fraction of sp³-hybridized carbons (Fsp3) is 0.143. The van der Waals surface area contributed by atoms with Crippen LogP contribution in [0, 0.1) is 0 Å². The van der Waals surface area contributed by atoms with E-state index in [0.717, 1.165) is 11.3 Å². The lowest BCUT2D eigenvalue weighted by Gasteiger charge is -2.14. The smallest absolute Gasteiger partial charge is 0.124 e. The molecule has 0 aliphatic rings. The highest BCUT2D eigenvalue weighted by Crippen LogP contribution is 2.39. The predicted molar refractivity (Wildman–Crippen MR) is 78.6 cm³/mol. The number of hydrogen-bond donors (Lipinski definition) is 0. The third-order valence-electron chi connectivity index (χ3n) is 2.27. The van der Waals surface area contributed by atoms with Gasteiger partial charge in [0.05, 0.1) is 0 Å². The summed E-state index contributed by atoms with van der Waals surface area (Å²) in [6.07, 6.45) is -1.67. The maximum atomic E-state index is 5.79.